The SMILES string of the molecule is COc1ccccc1CCn1c(=O)n(C2(C(=O)O)CC2)c(=O)c2c(C)c(C(F)(F)F)sc21. The topological polar surface area (TPSA) is 90.5 Å². The molecule has 1 saturated carbocycles. The largest absolute Gasteiger partial charge is 0.496 e. The Morgan fingerprint density at radius 2 is 1.91 bits per heavy atom. The van der Waals surface area contributed by atoms with E-state index in [1.165, 1.54) is 14.0 Å². The molecule has 1 N–H and O–H groups in total. The molecule has 2 heterocycles. The quantitative estimate of drug-likeness (QED) is 0.599. The minimum absolute atomic E-state index is 0.0526. The zero-order valence-electron chi connectivity index (χ0n) is 17.2. The van der Waals surface area contributed by atoms with Crippen molar-refractivity contribution in [3.8, 4) is 5.75 Å². The van der Waals surface area contributed by atoms with Crippen molar-refractivity contribution in [1.82, 2.24) is 9.13 Å². The molecule has 2 aromatic heterocycles. The molecule has 0 spiro atoms. The minimum Gasteiger partial charge on any atom is -0.496 e. The molecule has 0 aliphatic heterocycles. The lowest BCUT2D eigenvalue weighted by molar-refractivity contribution is -0.142. The van der Waals surface area contributed by atoms with Crippen LogP contribution in [0.4, 0.5) is 13.2 Å². The Morgan fingerprint density at radius 3 is 2.47 bits per heavy atom. The Hall–Kier alpha value is -3.08. The van der Waals surface area contributed by atoms with Gasteiger partial charge in [0.25, 0.3) is 5.56 Å². The van der Waals surface area contributed by atoms with Crippen molar-refractivity contribution in [3.63, 3.8) is 0 Å². The van der Waals surface area contributed by atoms with Crippen LogP contribution in [0, 0.1) is 6.92 Å². The number of carbonyl (C=O) groups is 1. The number of hydrogen-bond acceptors (Lipinski definition) is 5. The van der Waals surface area contributed by atoms with Crippen LogP contribution >= 0.6 is 11.3 Å². The maximum Gasteiger partial charge on any atom is 0.425 e. The van der Waals surface area contributed by atoms with Crippen LogP contribution in [0.25, 0.3) is 10.2 Å². The van der Waals surface area contributed by atoms with E-state index in [2.05, 4.69) is 0 Å². The van der Waals surface area contributed by atoms with Crippen LogP contribution in [-0.2, 0) is 29.5 Å². The standard InChI is InChI=1S/C21H19F3N2O5S/c1-11-14-16(27)26(20(8-9-20)18(28)29)19(30)25(17(14)32-15(11)21(22,23)24)10-7-12-5-3-4-6-13(12)31-2/h3-6H,7-10H2,1-2H3,(H,28,29). The second kappa shape index (κ2) is 7.51. The molecule has 0 amide bonds. The summed E-state index contributed by atoms with van der Waals surface area (Å²) in [7, 11) is 1.48. The summed E-state index contributed by atoms with van der Waals surface area (Å²) in [5.74, 6) is -0.802. The summed E-state index contributed by atoms with van der Waals surface area (Å²) in [6.07, 6.45) is -4.36. The molecule has 11 heteroatoms. The van der Waals surface area contributed by atoms with E-state index < -0.39 is 33.8 Å². The van der Waals surface area contributed by atoms with Crippen molar-refractivity contribution >= 4 is 27.5 Å². The second-order valence-electron chi connectivity index (χ2n) is 7.71. The number of benzene rings is 1. The molecule has 0 atom stereocenters. The van der Waals surface area contributed by atoms with E-state index in [1.807, 2.05) is 0 Å². The first-order valence-corrected chi connectivity index (χ1v) is 10.6. The number of aryl methyl sites for hydroxylation is 3. The average Bonchev–Trinajstić information content (AvgIpc) is 3.44. The van der Waals surface area contributed by atoms with Crippen LogP contribution in [-0.4, -0.2) is 27.3 Å². The Bertz CT molecular complexity index is 1350. The zero-order valence-corrected chi connectivity index (χ0v) is 18.0. The third-order valence-electron chi connectivity index (χ3n) is 5.82. The molecule has 4 rings (SSSR count). The van der Waals surface area contributed by atoms with E-state index in [0.717, 1.165) is 10.1 Å². The van der Waals surface area contributed by atoms with E-state index >= 15 is 0 Å². The van der Waals surface area contributed by atoms with Crippen molar-refractivity contribution < 1.29 is 27.8 Å². The first-order chi connectivity index (χ1) is 15.0. The van der Waals surface area contributed by atoms with Crippen LogP contribution in [0.3, 0.4) is 0 Å². The number of methoxy groups -OCH3 is 1. The fraction of sp³-hybridized carbons (Fsp3) is 0.381. The molecule has 3 aromatic rings. The van der Waals surface area contributed by atoms with Gasteiger partial charge in [0.05, 0.1) is 12.5 Å². The maximum absolute atomic E-state index is 13.6. The van der Waals surface area contributed by atoms with Crippen LogP contribution in [0.2, 0.25) is 0 Å². The van der Waals surface area contributed by atoms with E-state index in [4.69, 9.17) is 4.74 Å². The van der Waals surface area contributed by atoms with Gasteiger partial charge in [0, 0.05) is 6.54 Å². The Labute approximate surface area is 183 Å². The number of rotatable bonds is 6. The molecule has 0 saturated heterocycles. The van der Waals surface area contributed by atoms with Crippen LogP contribution in [0.1, 0.15) is 28.8 Å². The van der Waals surface area contributed by atoms with Crippen molar-refractivity contribution in [2.24, 2.45) is 0 Å². The van der Waals surface area contributed by atoms with E-state index in [-0.39, 0.29) is 41.6 Å². The number of thiophene rings is 1. The Balaban J connectivity index is 1.97. The molecule has 170 valence electrons. The molecule has 1 aliphatic rings. The lowest BCUT2D eigenvalue weighted by Gasteiger charge is -2.17. The average molecular weight is 468 g/mol. The van der Waals surface area contributed by atoms with Crippen molar-refractivity contribution in [1.29, 1.82) is 0 Å². The lowest BCUT2D eigenvalue weighted by atomic mass is 10.1. The van der Waals surface area contributed by atoms with E-state index in [0.29, 0.717) is 21.7 Å². The summed E-state index contributed by atoms with van der Waals surface area (Å²) in [5, 5.41) is 9.38. The maximum atomic E-state index is 13.6. The third-order valence-corrected chi connectivity index (χ3v) is 7.18. The van der Waals surface area contributed by atoms with Gasteiger partial charge in [-0.3, -0.25) is 9.36 Å². The normalized spacial score (nSPS) is 15.2. The predicted octanol–water partition coefficient (Wildman–Crippen LogP) is 3.38. The number of hydrogen-bond donors (Lipinski definition) is 1. The molecule has 0 bridgehead atoms. The van der Waals surface area contributed by atoms with Crippen molar-refractivity contribution in [2.45, 2.75) is 44.4 Å². The number of fused-ring (bicyclic) bond motifs is 1. The number of nitrogens with zero attached hydrogens (tertiary/aromatic N) is 2. The van der Waals surface area contributed by atoms with Gasteiger partial charge in [0.1, 0.15) is 21.0 Å². The second-order valence-corrected chi connectivity index (χ2v) is 8.71. The van der Waals surface area contributed by atoms with Crippen LogP contribution in [0.5, 0.6) is 5.75 Å². The number of para-hydroxylation sites is 1. The number of aromatic nitrogens is 2. The highest BCUT2D eigenvalue weighted by Gasteiger charge is 2.55. The molecule has 1 aliphatic carbocycles. The summed E-state index contributed by atoms with van der Waals surface area (Å²) in [5.41, 5.74) is -3.23. The van der Waals surface area contributed by atoms with Gasteiger partial charge in [0.2, 0.25) is 0 Å². The molecule has 0 radical (unpaired) electrons. The molecule has 7 nitrogen and oxygen atoms in total. The van der Waals surface area contributed by atoms with Gasteiger partial charge in [-0.1, -0.05) is 18.2 Å². The number of carboxylic acid groups (broad SMARTS) is 1. The molecular formula is C21H19F3N2O5S. The minimum atomic E-state index is -4.71. The van der Waals surface area contributed by atoms with Crippen molar-refractivity contribution in [3.05, 3.63) is 61.1 Å². The Morgan fingerprint density at radius 1 is 1.25 bits per heavy atom. The smallest absolute Gasteiger partial charge is 0.425 e. The number of aliphatic carboxylic acids is 1. The Kier molecular flexibility index (Phi) is 5.19. The fourth-order valence-electron chi connectivity index (χ4n) is 3.98. The van der Waals surface area contributed by atoms with Gasteiger partial charge < -0.3 is 9.84 Å². The van der Waals surface area contributed by atoms with Gasteiger partial charge in [-0.25, -0.2) is 14.2 Å². The molecular weight excluding hydrogens is 449 g/mol. The summed E-state index contributed by atoms with van der Waals surface area (Å²) >= 11 is 0.325. The van der Waals surface area contributed by atoms with Crippen molar-refractivity contribution in [2.75, 3.05) is 7.11 Å². The zero-order chi connectivity index (χ0) is 23.4. The highest BCUT2D eigenvalue weighted by molar-refractivity contribution is 7.19. The van der Waals surface area contributed by atoms with Gasteiger partial charge >= 0.3 is 17.8 Å². The summed E-state index contributed by atoms with van der Waals surface area (Å²) in [6, 6.07) is 7.00. The van der Waals surface area contributed by atoms with Crippen LogP contribution < -0.4 is 16.0 Å². The van der Waals surface area contributed by atoms with E-state index in [9.17, 15) is 32.7 Å². The molecule has 1 aromatic carbocycles. The monoisotopic (exact) mass is 468 g/mol. The third kappa shape index (κ3) is 3.31. The molecule has 0 unspecified atom stereocenters. The highest BCUT2D eigenvalue weighted by Crippen LogP contribution is 2.44. The lowest BCUT2D eigenvalue weighted by Crippen LogP contribution is -2.48. The van der Waals surface area contributed by atoms with Gasteiger partial charge in [-0.2, -0.15) is 13.2 Å². The van der Waals surface area contributed by atoms with Gasteiger partial charge in [0.15, 0.2) is 0 Å². The number of alkyl halides is 3. The number of halogens is 3. The summed E-state index contributed by atoms with van der Waals surface area (Å²) in [6.45, 7) is 1.12. The predicted molar refractivity (Wildman–Crippen MR) is 112 cm³/mol. The molecule has 32 heavy (non-hydrogen) atoms. The fourth-order valence-corrected chi connectivity index (χ4v) is 5.17. The first kappa shape index (κ1) is 22.1. The van der Waals surface area contributed by atoms with Crippen LogP contribution in [0.15, 0.2) is 33.9 Å². The molecule has 1 fully saturated rings. The highest BCUT2D eigenvalue weighted by atomic mass is 32.1. The van der Waals surface area contributed by atoms with Gasteiger partial charge in [-0.15, -0.1) is 11.3 Å². The summed E-state index contributed by atoms with van der Waals surface area (Å²) < 4.78 is 47.7. The number of carboxylic acids is 1. The summed E-state index contributed by atoms with van der Waals surface area (Å²) in [4.78, 5) is 37.2. The number of ether oxygens (including phenoxy) is 1. The first-order valence-electron chi connectivity index (χ1n) is 9.75. The van der Waals surface area contributed by atoms with Gasteiger partial charge in [-0.05, 0) is 43.4 Å². The van der Waals surface area contributed by atoms with E-state index in [1.54, 1.807) is 24.3 Å².